The molecule has 0 aromatic carbocycles. The maximum absolute atomic E-state index is 5.16. The van der Waals surface area contributed by atoms with Crippen LogP contribution in [0.1, 0.15) is 29.9 Å². The van der Waals surface area contributed by atoms with Crippen molar-refractivity contribution in [3.8, 4) is 5.88 Å². The first-order valence-electron chi connectivity index (χ1n) is 5.52. The third kappa shape index (κ3) is 2.29. The van der Waals surface area contributed by atoms with Crippen molar-refractivity contribution in [2.75, 3.05) is 20.2 Å². The van der Waals surface area contributed by atoms with E-state index in [4.69, 9.17) is 4.74 Å². The summed E-state index contributed by atoms with van der Waals surface area (Å²) in [5, 5.41) is 3.38. The maximum Gasteiger partial charge on any atom is 0.215 e. The van der Waals surface area contributed by atoms with Crippen LogP contribution in [0, 0.1) is 6.92 Å². The molecule has 1 aromatic heterocycles. The van der Waals surface area contributed by atoms with Gasteiger partial charge in [0, 0.05) is 11.8 Å². The molecule has 1 aliphatic heterocycles. The van der Waals surface area contributed by atoms with E-state index >= 15 is 0 Å². The smallest absolute Gasteiger partial charge is 0.215 e. The summed E-state index contributed by atoms with van der Waals surface area (Å²) in [5.41, 5.74) is 2.49. The van der Waals surface area contributed by atoms with Crippen molar-refractivity contribution in [1.82, 2.24) is 10.3 Å². The van der Waals surface area contributed by atoms with Gasteiger partial charge < -0.3 is 10.1 Å². The molecule has 0 atom stereocenters. The lowest BCUT2D eigenvalue weighted by atomic mass is 9.91. The number of ether oxygens (including phenoxy) is 1. The van der Waals surface area contributed by atoms with Crippen LogP contribution >= 0.6 is 0 Å². The highest BCUT2D eigenvalue weighted by Crippen LogP contribution is 2.27. The number of nitrogens with zero attached hydrogens (tertiary/aromatic N) is 1. The summed E-state index contributed by atoms with van der Waals surface area (Å²) in [6.45, 7) is 4.29. The van der Waals surface area contributed by atoms with Crippen molar-refractivity contribution in [3.63, 3.8) is 0 Å². The normalized spacial score (nSPS) is 17.7. The molecule has 3 nitrogen and oxygen atoms in total. The zero-order chi connectivity index (χ0) is 10.7. The van der Waals surface area contributed by atoms with Crippen molar-refractivity contribution in [2.24, 2.45) is 0 Å². The fourth-order valence-electron chi connectivity index (χ4n) is 2.18. The first kappa shape index (κ1) is 10.4. The second-order valence-corrected chi connectivity index (χ2v) is 4.12. The minimum absolute atomic E-state index is 0.670. The van der Waals surface area contributed by atoms with Crippen LogP contribution in [0.25, 0.3) is 0 Å². The van der Waals surface area contributed by atoms with E-state index in [0.717, 1.165) is 24.5 Å². The van der Waals surface area contributed by atoms with Gasteiger partial charge in [-0.05, 0) is 50.4 Å². The van der Waals surface area contributed by atoms with Crippen molar-refractivity contribution < 1.29 is 4.74 Å². The Bertz CT molecular complexity index is 332. The summed E-state index contributed by atoms with van der Waals surface area (Å²) in [4.78, 5) is 4.33. The fourth-order valence-corrected chi connectivity index (χ4v) is 2.18. The molecule has 1 saturated heterocycles. The molecule has 1 aromatic rings. The van der Waals surface area contributed by atoms with E-state index in [-0.39, 0.29) is 0 Å². The molecule has 0 aliphatic carbocycles. The van der Waals surface area contributed by atoms with Gasteiger partial charge in [-0.1, -0.05) is 0 Å². The first-order valence-corrected chi connectivity index (χ1v) is 5.52. The van der Waals surface area contributed by atoms with Gasteiger partial charge in [0.2, 0.25) is 5.88 Å². The van der Waals surface area contributed by atoms with E-state index in [0.29, 0.717) is 5.92 Å². The Labute approximate surface area is 90.9 Å². The molecule has 15 heavy (non-hydrogen) atoms. The van der Waals surface area contributed by atoms with Crippen LogP contribution in [0.5, 0.6) is 5.88 Å². The Kier molecular flexibility index (Phi) is 3.21. The lowest BCUT2D eigenvalue weighted by Crippen LogP contribution is -2.26. The highest BCUT2D eigenvalue weighted by Gasteiger charge is 2.16. The average Bonchev–Trinajstić information content (AvgIpc) is 2.30. The van der Waals surface area contributed by atoms with Gasteiger partial charge in [-0.3, -0.25) is 0 Å². The molecular weight excluding hydrogens is 188 g/mol. The molecular formula is C12H18N2O. The topological polar surface area (TPSA) is 34.1 Å². The summed E-state index contributed by atoms with van der Waals surface area (Å²) in [6.07, 6.45) is 4.39. The molecule has 1 aliphatic rings. The number of piperidine rings is 1. The molecule has 82 valence electrons. The van der Waals surface area contributed by atoms with Crippen molar-refractivity contribution in [3.05, 3.63) is 23.4 Å². The van der Waals surface area contributed by atoms with Crippen molar-refractivity contribution in [1.29, 1.82) is 0 Å². The van der Waals surface area contributed by atoms with Gasteiger partial charge in [0.05, 0.1) is 7.11 Å². The summed E-state index contributed by atoms with van der Waals surface area (Å²) in [7, 11) is 1.67. The lowest BCUT2D eigenvalue weighted by Gasteiger charge is -2.23. The van der Waals surface area contributed by atoms with Crippen LogP contribution in [-0.4, -0.2) is 25.2 Å². The first-order chi connectivity index (χ1) is 7.31. The Balaban J connectivity index is 2.17. The largest absolute Gasteiger partial charge is 0.481 e. The lowest BCUT2D eigenvalue weighted by molar-refractivity contribution is 0.393. The van der Waals surface area contributed by atoms with E-state index < -0.39 is 0 Å². The van der Waals surface area contributed by atoms with E-state index in [1.54, 1.807) is 7.11 Å². The number of methoxy groups -OCH3 is 1. The van der Waals surface area contributed by atoms with E-state index in [1.807, 2.05) is 6.20 Å². The second kappa shape index (κ2) is 4.62. The monoisotopic (exact) mass is 206 g/mol. The molecule has 2 heterocycles. The summed E-state index contributed by atoms with van der Waals surface area (Å²) in [6, 6.07) is 2.21. The predicted octanol–water partition coefficient (Wildman–Crippen LogP) is 1.87. The standard InChI is InChI=1S/C12H18N2O/c1-9-7-11(8-14-12(9)15-2)10-3-5-13-6-4-10/h7-8,10,13H,3-6H2,1-2H3. The average molecular weight is 206 g/mol. The van der Waals surface area contributed by atoms with Crippen LogP contribution < -0.4 is 10.1 Å². The van der Waals surface area contributed by atoms with Gasteiger partial charge in [0.1, 0.15) is 0 Å². The molecule has 0 unspecified atom stereocenters. The van der Waals surface area contributed by atoms with Crippen LogP contribution in [-0.2, 0) is 0 Å². The Morgan fingerprint density at radius 3 is 2.73 bits per heavy atom. The number of pyridine rings is 1. The van der Waals surface area contributed by atoms with Gasteiger partial charge in [0.15, 0.2) is 0 Å². The number of aryl methyl sites for hydroxylation is 1. The van der Waals surface area contributed by atoms with Gasteiger partial charge in [-0.15, -0.1) is 0 Å². The number of aromatic nitrogens is 1. The van der Waals surface area contributed by atoms with Crippen LogP contribution in [0.4, 0.5) is 0 Å². The Hall–Kier alpha value is -1.09. The Morgan fingerprint density at radius 1 is 1.40 bits per heavy atom. The third-order valence-electron chi connectivity index (χ3n) is 3.06. The van der Waals surface area contributed by atoms with Gasteiger partial charge in [-0.25, -0.2) is 4.98 Å². The molecule has 0 spiro atoms. The van der Waals surface area contributed by atoms with Crippen molar-refractivity contribution in [2.45, 2.75) is 25.7 Å². The van der Waals surface area contributed by atoms with Crippen LogP contribution in [0.15, 0.2) is 12.3 Å². The number of nitrogens with one attached hydrogen (secondary N) is 1. The molecule has 1 N–H and O–H groups in total. The fraction of sp³-hybridized carbons (Fsp3) is 0.583. The van der Waals surface area contributed by atoms with E-state index in [1.165, 1.54) is 18.4 Å². The number of hydrogen-bond donors (Lipinski definition) is 1. The second-order valence-electron chi connectivity index (χ2n) is 4.12. The van der Waals surface area contributed by atoms with Gasteiger partial charge in [-0.2, -0.15) is 0 Å². The summed E-state index contributed by atoms with van der Waals surface area (Å²) in [5.74, 6) is 1.41. The zero-order valence-electron chi connectivity index (χ0n) is 9.42. The highest BCUT2D eigenvalue weighted by atomic mass is 16.5. The van der Waals surface area contributed by atoms with Crippen LogP contribution in [0.2, 0.25) is 0 Å². The van der Waals surface area contributed by atoms with Crippen LogP contribution in [0.3, 0.4) is 0 Å². The molecule has 3 heteroatoms. The Morgan fingerprint density at radius 2 is 2.13 bits per heavy atom. The molecule has 1 fully saturated rings. The van der Waals surface area contributed by atoms with Gasteiger partial charge >= 0.3 is 0 Å². The molecule has 2 rings (SSSR count). The highest BCUT2D eigenvalue weighted by molar-refractivity contribution is 5.30. The minimum atomic E-state index is 0.670. The third-order valence-corrected chi connectivity index (χ3v) is 3.06. The summed E-state index contributed by atoms with van der Waals surface area (Å²) >= 11 is 0. The molecule has 0 amide bonds. The number of rotatable bonds is 2. The quantitative estimate of drug-likeness (QED) is 0.802. The molecule has 0 bridgehead atoms. The predicted molar refractivity (Wildman–Crippen MR) is 60.4 cm³/mol. The van der Waals surface area contributed by atoms with Gasteiger partial charge in [0.25, 0.3) is 0 Å². The van der Waals surface area contributed by atoms with E-state index in [9.17, 15) is 0 Å². The number of hydrogen-bond acceptors (Lipinski definition) is 3. The molecule has 0 saturated carbocycles. The SMILES string of the molecule is COc1ncc(C2CCNCC2)cc1C. The molecule has 0 radical (unpaired) electrons. The zero-order valence-corrected chi connectivity index (χ0v) is 9.42. The maximum atomic E-state index is 5.16. The van der Waals surface area contributed by atoms with Crippen molar-refractivity contribution >= 4 is 0 Å². The minimum Gasteiger partial charge on any atom is -0.481 e. The van der Waals surface area contributed by atoms with E-state index in [2.05, 4.69) is 23.3 Å². The summed E-state index contributed by atoms with van der Waals surface area (Å²) < 4.78 is 5.16.